The summed E-state index contributed by atoms with van der Waals surface area (Å²) in [6.07, 6.45) is 1.29. The summed E-state index contributed by atoms with van der Waals surface area (Å²) in [6, 6.07) is 14.2. The number of urea groups is 1. The van der Waals surface area contributed by atoms with Crippen molar-refractivity contribution in [3.63, 3.8) is 0 Å². The quantitative estimate of drug-likeness (QED) is 0.336. The number of anilines is 1. The van der Waals surface area contributed by atoms with Gasteiger partial charge < -0.3 is 24.6 Å². The second-order valence-electron chi connectivity index (χ2n) is 8.60. The average Bonchev–Trinajstić information content (AvgIpc) is 3.37. The van der Waals surface area contributed by atoms with Gasteiger partial charge in [-0.1, -0.05) is 29.8 Å². The number of nitrogens with one attached hydrogen (secondary N) is 1. The second-order valence-corrected chi connectivity index (χ2v) is 10.0. The fourth-order valence-electron chi connectivity index (χ4n) is 4.28. The molecule has 1 unspecified atom stereocenters. The van der Waals surface area contributed by atoms with Crippen LogP contribution >= 0.6 is 22.9 Å². The van der Waals surface area contributed by atoms with Crippen LogP contribution in [0.2, 0.25) is 5.02 Å². The summed E-state index contributed by atoms with van der Waals surface area (Å²) in [5.41, 5.74) is 1.54. The van der Waals surface area contributed by atoms with E-state index in [1.165, 1.54) is 15.8 Å². The molecule has 196 valence electrons. The summed E-state index contributed by atoms with van der Waals surface area (Å²) in [6.45, 7) is 1.26. The van der Waals surface area contributed by atoms with E-state index in [9.17, 15) is 14.0 Å². The first-order valence-electron chi connectivity index (χ1n) is 12.0. The third-order valence-electron chi connectivity index (χ3n) is 6.11. The fourth-order valence-corrected chi connectivity index (χ4v) is 5.40. The summed E-state index contributed by atoms with van der Waals surface area (Å²) < 4.78 is 25.1. The Labute approximate surface area is 224 Å². The molecule has 0 fully saturated rings. The van der Waals surface area contributed by atoms with Crippen molar-refractivity contribution in [1.29, 1.82) is 0 Å². The number of nitrogens with zero attached hydrogens (tertiary/aromatic N) is 2. The van der Waals surface area contributed by atoms with Crippen LogP contribution in [-0.4, -0.2) is 61.7 Å². The van der Waals surface area contributed by atoms with Crippen LogP contribution in [0.4, 0.5) is 14.9 Å². The number of fused-ring (bicyclic) bond motifs is 1. The molecule has 2 heterocycles. The van der Waals surface area contributed by atoms with Crippen molar-refractivity contribution in [1.82, 2.24) is 9.80 Å². The lowest BCUT2D eigenvalue weighted by Crippen LogP contribution is -2.49. The molecule has 0 spiro atoms. The Balaban J connectivity index is 1.49. The lowest BCUT2D eigenvalue weighted by Gasteiger charge is -2.37. The standard InChI is InChI=1S/C27H29ClFN3O4S/c1-35-14-5-12-31(27(34)30-20-7-4-6-19(28)16-20)17-26(33)32-13-10-25-21(11-15-37-25)23(32)18-36-24-9-3-2-8-22(24)29/h2-4,6-9,11,15-16,23H,5,10,12-14,17-18H2,1H3,(H,30,34). The zero-order chi connectivity index (χ0) is 26.2. The molecule has 1 aliphatic rings. The summed E-state index contributed by atoms with van der Waals surface area (Å²) in [4.78, 5) is 31.1. The largest absolute Gasteiger partial charge is 0.488 e. The second kappa shape index (κ2) is 12.9. The van der Waals surface area contributed by atoms with Crippen LogP contribution in [0.3, 0.4) is 0 Å². The molecule has 0 bridgehead atoms. The van der Waals surface area contributed by atoms with Gasteiger partial charge in [0.1, 0.15) is 13.2 Å². The van der Waals surface area contributed by atoms with Gasteiger partial charge in [-0.3, -0.25) is 4.79 Å². The number of methoxy groups -OCH3 is 1. The number of halogens is 2. The number of carbonyl (C=O) groups is 2. The predicted octanol–water partition coefficient (Wildman–Crippen LogP) is 5.62. The molecule has 1 N–H and O–H groups in total. The van der Waals surface area contributed by atoms with E-state index >= 15 is 0 Å². The molecule has 3 amide bonds. The van der Waals surface area contributed by atoms with Crippen molar-refractivity contribution in [3.8, 4) is 5.75 Å². The minimum absolute atomic E-state index is 0.106. The van der Waals surface area contributed by atoms with Crippen molar-refractivity contribution in [2.45, 2.75) is 18.9 Å². The Kier molecular flexibility index (Phi) is 9.38. The van der Waals surface area contributed by atoms with E-state index in [1.807, 2.05) is 11.4 Å². The summed E-state index contributed by atoms with van der Waals surface area (Å²) >= 11 is 7.69. The molecule has 7 nitrogen and oxygen atoms in total. The van der Waals surface area contributed by atoms with Gasteiger partial charge in [-0.25, -0.2) is 9.18 Å². The number of rotatable bonds is 10. The molecule has 0 aliphatic carbocycles. The van der Waals surface area contributed by atoms with Crippen molar-refractivity contribution in [2.24, 2.45) is 0 Å². The summed E-state index contributed by atoms with van der Waals surface area (Å²) in [5, 5.41) is 5.31. The van der Waals surface area contributed by atoms with E-state index in [2.05, 4.69) is 5.32 Å². The number of hydrogen-bond acceptors (Lipinski definition) is 5. The molecule has 0 saturated heterocycles. The van der Waals surface area contributed by atoms with Gasteiger partial charge in [0.05, 0.1) is 6.04 Å². The van der Waals surface area contributed by atoms with E-state index in [0.717, 1.165) is 5.56 Å². The lowest BCUT2D eigenvalue weighted by atomic mass is 10.0. The molecule has 1 atom stereocenters. The molecule has 4 rings (SSSR count). The highest BCUT2D eigenvalue weighted by molar-refractivity contribution is 7.10. The molecule has 1 aliphatic heterocycles. The Morgan fingerprint density at radius 3 is 2.84 bits per heavy atom. The minimum atomic E-state index is -0.455. The van der Waals surface area contributed by atoms with Crippen LogP contribution in [0, 0.1) is 5.82 Å². The molecular weight excluding hydrogens is 517 g/mol. The smallest absolute Gasteiger partial charge is 0.322 e. The first-order chi connectivity index (χ1) is 18.0. The number of carbonyl (C=O) groups excluding carboxylic acids is 2. The summed E-state index contributed by atoms with van der Waals surface area (Å²) in [7, 11) is 1.59. The Bertz CT molecular complexity index is 1220. The van der Waals surface area contributed by atoms with Crippen LogP contribution in [0.25, 0.3) is 0 Å². The van der Waals surface area contributed by atoms with E-state index in [0.29, 0.717) is 43.2 Å². The lowest BCUT2D eigenvalue weighted by molar-refractivity contribution is -0.135. The maximum Gasteiger partial charge on any atom is 0.322 e. The predicted molar refractivity (Wildman–Crippen MR) is 143 cm³/mol. The first kappa shape index (κ1) is 26.9. The zero-order valence-corrected chi connectivity index (χ0v) is 22.1. The van der Waals surface area contributed by atoms with Crippen molar-refractivity contribution in [2.75, 3.05) is 45.3 Å². The third kappa shape index (κ3) is 7.00. The highest BCUT2D eigenvalue weighted by Gasteiger charge is 2.33. The van der Waals surface area contributed by atoms with Crippen molar-refractivity contribution < 1.29 is 23.5 Å². The van der Waals surface area contributed by atoms with Crippen molar-refractivity contribution in [3.05, 3.63) is 81.3 Å². The molecule has 2 aromatic carbocycles. The monoisotopic (exact) mass is 545 g/mol. The Morgan fingerprint density at radius 2 is 2.05 bits per heavy atom. The van der Waals surface area contributed by atoms with Gasteiger partial charge in [-0.05, 0) is 60.2 Å². The van der Waals surface area contributed by atoms with Gasteiger partial charge in [0, 0.05) is 42.4 Å². The maximum absolute atomic E-state index is 14.2. The zero-order valence-electron chi connectivity index (χ0n) is 20.5. The number of hydrogen-bond donors (Lipinski definition) is 1. The van der Waals surface area contributed by atoms with Crippen LogP contribution in [0.1, 0.15) is 22.9 Å². The Hall–Kier alpha value is -3.14. The van der Waals surface area contributed by atoms with Crippen LogP contribution in [-0.2, 0) is 16.0 Å². The highest BCUT2D eigenvalue weighted by Crippen LogP contribution is 2.34. The third-order valence-corrected chi connectivity index (χ3v) is 7.35. The van der Waals surface area contributed by atoms with Crippen LogP contribution < -0.4 is 10.1 Å². The number of thiophene rings is 1. The Morgan fingerprint density at radius 1 is 1.22 bits per heavy atom. The van der Waals surface area contributed by atoms with Gasteiger partial charge >= 0.3 is 6.03 Å². The number of para-hydroxylation sites is 1. The average molecular weight is 546 g/mol. The van der Waals surface area contributed by atoms with Crippen LogP contribution in [0.5, 0.6) is 5.75 Å². The van der Waals surface area contributed by atoms with Gasteiger partial charge in [0.25, 0.3) is 0 Å². The number of benzene rings is 2. The van der Waals surface area contributed by atoms with Crippen molar-refractivity contribution >= 4 is 40.6 Å². The topological polar surface area (TPSA) is 71.1 Å². The molecule has 37 heavy (non-hydrogen) atoms. The van der Waals surface area contributed by atoms with Crippen LogP contribution in [0.15, 0.2) is 60.0 Å². The maximum atomic E-state index is 14.2. The van der Waals surface area contributed by atoms with Gasteiger partial charge in [-0.15, -0.1) is 11.3 Å². The number of amides is 3. The molecule has 0 saturated carbocycles. The van der Waals surface area contributed by atoms with Gasteiger partial charge in [0.15, 0.2) is 11.6 Å². The molecular formula is C27H29ClFN3O4S. The van der Waals surface area contributed by atoms with Gasteiger partial charge in [-0.2, -0.15) is 0 Å². The first-order valence-corrected chi connectivity index (χ1v) is 13.3. The number of ether oxygens (including phenoxy) is 2. The summed E-state index contributed by atoms with van der Waals surface area (Å²) in [5.74, 6) is -0.527. The molecule has 10 heteroatoms. The van der Waals surface area contributed by atoms with E-state index in [-0.39, 0.29) is 30.9 Å². The highest BCUT2D eigenvalue weighted by atomic mass is 35.5. The molecule has 3 aromatic rings. The van der Waals surface area contributed by atoms with E-state index in [1.54, 1.807) is 65.8 Å². The minimum Gasteiger partial charge on any atom is -0.488 e. The van der Waals surface area contributed by atoms with E-state index in [4.69, 9.17) is 21.1 Å². The molecule has 1 aromatic heterocycles. The van der Waals surface area contributed by atoms with E-state index < -0.39 is 11.8 Å². The molecule has 0 radical (unpaired) electrons. The van der Waals surface area contributed by atoms with Gasteiger partial charge in [0.2, 0.25) is 5.91 Å². The normalized spacial score (nSPS) is 14.7. The fraction of sp³-hybridized carbons (Fsp3) is 0.333. The SMILES string of the molecule is COCCCN(CC(=O)N1CCc2sccc2C1COc1ccccc1F)C(=O)Nc1cccc(Cl)c1.